The summed E-state index contributed by atoms with van der Waals surface area (Å²) in [7, 11) is 1.67. The number of hydrogen-bond donors (Lipinski definition) is 1. The van der Waals surface area contributed by atoms with Gasteiger partial charge in [0.1, 0.15) is 0 Å². The Balaban J connectivity index is 1.71. The number of methoxy groups -OCH3 is 1. The van der Waals surface area contributed by atoms with Crippen LogP contribution in [0.25, 0.3) is 0 Å². The first kappa shape index (κ1) is 14.7. The van der Waals surface area contributed by atoms with Crippen molar-refractivity contribution in [3.63, 3.8) is 0 Å². The van der Waals surface area contributed by atoms with Crippen molar-refractivity contribution < 1.29 is 9.47 Å². The summed E-state index contributed by atoms with van der Waals surface area (Å²) < 4.78 is 11.3. The van der Waals surface area contributed by atoms with E-state index in [2.05, 4.69) is 11.0 Å². The second-order valence-corrected chi connectivity index (χ2v) is 6.19. The molecule has 0 radical (unpaired) electrons. The average Bonchev–Trinajstić information content (AvgIpc) is 2.78. The molecule has 1 aromatic carbocycles. The number of hydrogen-bond acceptors (Lipinski definition) is 4. The molecule has 0 aromatic heterocycles. The van der Waals surface area contributed by atoms with E-state index in [-0.39, 0.29) is 6.04 Å². The van der Waals surface area contributed by atoms with Crippen molar-refractivity contribution in [2.24, 2.45) is 11.7 Å². The van der Waals surface area contributed by atoms with Crippen LogP contribution < -0.4 is 15.2 Å². The molecule has 3 rings (SSSR count). The van der Waals surface area contributed by atoms with Crippen molar-refractivity contribution in [2.45, 2.75) is 31.7 Å². The van der Waals surface area contributed by atoms with Gasteiger partial charge in [0.25, 0.3) is 0 Å². The van der Waals surface area contributed by atoms with Gasteiger partial charge in [-0.2, -0.15) is 0 Å². The molecule has 1 aromatic rings. The van der Waals surface area contributed by atoms with Gasteiger partial charge in [0.15, 0.2) is 11.5 Å². The zero-order valence-corrected chi connectivity index (χ0v) is 12.9. The fourth-order valence-electron chi connectivity index (χ4n) is 3.48. The van der Waals surface area contributed by atoms with Gasteiger partial charge >= 0.3 is 0 Å². The largest absolute Gasteiger partial charge is 0.493 e. The molecular formula is C17H26N2O2. The summed E-state index contributed by atoms with van der Waals surface area (Å²) in [5.41, 5.74) is 7.59. The number of nitrogens with zero attached hydrogens (tertiary/aromatic N) is 1. The highest BCUT2D eigenvalue weighted by molar-refractivity contribution is 5.49. The molecule has 2 aliphatic rings. The van der Waals surface area contributed by atoms with Crippen molar-refractivity contribution >= 4 is 0 Å². The van der Waals surface area contributed by atoms with Crippen molar-refractivity contribution in [2.75, 3.05) is 33.4 Å². The summed E-state index contributed by atoms with van der Waals surface area (Å²) in [6.07, 6.45) is 5.36. The van der Waals surface area contributed by atoms with Gasteiger partial charge < -0.3 is 20.1 Å². The van der Waals surface area contributed by atoms with Crippen LogP contribution >= 0.6 is 0 Å². The summed E-state index contributed by atoms with van der Waals surface area (Å²) >= 11 is 0. The lowest BCUT2D eigenvalue weighted by molar-refractivity contribution is 0.137. The fourth-order valence-corrected chi connectivity index (χ4v) is 3.48. The van der Waals surface area contributed by atoms with E-state index in [9.17, 15) is 0 Å². The van der Waals surface area contributed by atoms with Crippen LogP contribution in [-0.4, -0.2) is 38.3 Å². The van der Waals surface area contributed by atoms with E-state index in [1.54, 1.807) is 7.11 Å². The lowest BCUT2D eigenvalue weighted by Crippen LogP contribution is -2.40. The number of rotatable bonds is 3. The number of para-hydroxylation sites is 1. The van der Waals surface area contributed by atoms with Gasteiger partial charge in [-0.15, -0.1) is 0 Å². The quantitative estimate of drug-likeness (QED) is 0.929. The molecule has 0 amide bonds. The van der Waals surface area contributed by atoms with Crippen LogP contribution in [0.1, 0.15) is 37.3 Å². The zero-order chi connectivity index (χ0) is 14.7. The molecule has 0 saturated carbocycles. The molecule has 1 saturated heterocycles. The highest BCUT2D eigenvalue weighted by Gasteiger charge is 2.31. The Morgan fingerprint density at radius 2 is 2.00 bits per heavy atom. The van der Waals surface area contributed by atoms with Crippen LogP contribution in [0.4, 0.5) is 0 Å². The molecule has 2 unspecified atom stereocenters. The molecule has 0 spiro atoms. The number of likely N-dealkylation sites (tertiary alicyclic amines) is 1. The smallest absolute Gasteiger partial charge is 0.165 e. The van der Waals surface area contributed by atoms with Gasteiger partial charge in [-0.1, -0.05) is 25.0 Å². The minimum Gasteiger partial charge on any atom is -0.493 e. The van der Waals surface area contributed by atoms with E-state index in [4.69, 9.17) is 15.2 Å². The predicted octanol–water partition coefficient (Wildman–Crippen LogP) is 2.58. The maximum absolute atomic E-state index is 6.51. The molecule has 116 valence electrons. The third-order valence-electron chi connectivity index (χ3n) is 4.73. The van der Waals surface area contributed by atoms with E-state index >= 15 is 0 Å². The molecular weight excluding hydrogens is 264 g/mol. The Morgan fingerprint density at radius 3 is 2.71 bits per heavy atom. The second-order valence-electron chi connectivity index (χ2n) is 6.19. The average molecular weight is 290 g/mol. The molecule has 4 nitrogen and oxygen atoms in total. The third kappa shape index (κ3) is 3.16. The van der Waals surface area contributed by atoms with E-state index in [0.29, 0.717) is 12.5 Å². The van der Waals surface area contributed by atoms with Crippen LogP contribution in [0.5, 0.6) is 11.5 Å². The maximum Gasteiger partial charge on any atom is 0.165 e. The minimum atomic E-state index is 0.0344. The molecule has 4 heteroatoms. The van der Waals surface area contributed by atoms with Crippen LogP contribution in [0, 0.1) is 5.92 Å². The van der Waals surface area contributed by atoms with Crippen LogP contribution in [0.2, 0.25) is 0 Å². The van der Waals surface area contributed by atoms with Crippen LogP contribution in [0.3, 0.4) is 0 Å². The molecule has 21 heavy (non-hydrogen) atoms. The van der Waals surface area contributed by atoms with Crippen LogP contribution in [0.15, 0.2) is 18.2 Å². The lowest BCUT2D eigenvalue weighted by atomic mass is 9.90. The number of benzene rings is 1. The van der Waals surface area contributed by atoms with E-state index in [1.807, 2.05) is 12.1 Å². The maximum atomic E-state index is 6.51. The fraction of sp³-hybridized carbons (Fsp3) is 0.647. The van der Waals surface area contributed by atoms with Crippen molar-refractivity contribution in [3.8, 4) is 11.5 Å². The first-order valence-corrected chi connectivity index (χ1v) is 8.07. The normalized spacial score (nSPS) is 26.6. The van der Waals surface area contributed by atoms with E-state index in [0.717, 1.165) is 23.6 Å². The van der Waals surface area contributed by atoms with Crippen molar-refractivity contribution in [1.82, 2.24) is 4.90 Å². The summed E-state index contributed by atoms with van der Waals surface area (Å²) in [6.45, 7) is 4.13. The Morgan fingerprint density at radius 1 is 1.24 bits per heavy atom. The van der Waals surface area contributed by atoms with Gasteiger partial charge in [0, 0.05) is 24.1 Å². The van der Waals surface area contributed by atoms with Crippen molar-refractivity contribution in [1.29, 1.82) is 0 Å². The van der Waals surface area contributed by atoms with Gasteiger partial charge in [-0.05, 0) is 32.0 Å². The monoisotopic (exact) mass is 290 g/mol. The molecule has 0 aliphatic carbocycles. The Hall–Kier alpha value is -1.26. The number of ether oxygens (including phenoxy) is 2. The molecule has 2 aliphatic heterocycles. The van der Waals surface area contributed by atoms with E-state index < -0.39 is 0 Å². The zero-order valence-electron chi connectivity index (χ0n) is 12.9. The van der Waals surface area contributed by atoms with Gasteiger partial charge in [-0.3, -0.25) is 0 Å². The molecule has 2 atom stereocenters. The standard InChI is InChI=1S/C17H26N2O2/c1-20-15-8-6-7-14-16(18)13(12-21-17(14)15)11-19-9-4-2-3-5-10-19/h6-8,13,16H,2-5,9-12,18H2,1H3. The molecule has 2 heterocycles. The molecule has 0 bridgehead atoms. The minimum absolute atomic E-state index is 0.0344. The molecule has 1 fully saturated rings. The Bertz CT molecular complexity index is 470. The highest BCUT2D eigenvalue weighted by atomic mass is 16.5. The number of fused-ring (bicyclic) bond motifs is 1. The second kappa shape index (κ2) is 6.67. The first-order chi connectivity index (χ1) is 10.3. The van der Waals surface area contributed by atoms with Crippen LogP contribution in [-0.2, 0) is 0 Å². The Labute approximate surface area is 127 Å². The topological polar surface area (TPSA) is 47.7 Å². The summed E-state index contributed by atoms with van der Waals surface area (Å²) in [5, 5.41) is 0. The summed E-state index contributed by atoms with van der Waals surface area (Å²) in [6, 6.07) is 6.03. The number of nitrogens with two attached hydrogens (primary N) is 1. The Kier molecular flexibility index (Phi) is 4.66. The van der Waals surface area contributed by atoms with Gasteiger partial charge in [0.2, 0.25) is 0 Å². The first-order valence-electron chi connectivity index (χ1n) is 8.07. The SMILES string of the molecule is COc1cccc2c1OCC(CN1CCCCCC1)C2N. The summed E-state index contributed by atoms with van der Waals surface area (Å²) in [5.74, 6) is 1.98. The third-order valence-corrected chi connectivity index (χ3v) is 4.73. The predicted molar refractivity (Wildman–Crippen MR) is 83.8 cm³/mol. The van der Waals surface area contributed by atoms with Gasteiger partial charge in [-0.25, -0.2) is 0 Å². The lowest BCUT2D eigenvalue weighted by Gasteiger charge is -2.35. The molecule has 2 N–H and O–H groups in total. The highest BCUT2D eigenvalue weighted by Crippen LogP contribution is 2.40. The van der Waals surface area contributed by atoms with Crippen molar-refractivity contribution in [3.05, 3.63) is 23.8 Å². The summed E-state index contributed by atoms with van der Waals surface area (Å²) in [4.78, 5) is 2.56. The van der Waals surface area contributed by atoms with Gasteiger partial charge in [0.05, 0.1) is 13.7 Å². The van der Waals surface area contributed by atoms with E-state index in [1.165, 1.54) is 38.8 Å².